The Morgan fingerprint density at radius 1 is 1.30 bits per heavy atom. The summed E-state index contributed by atoms with van der Waals surface area (Å²) >= 11 is 6.44. The summed E-state index contributed by atoms with van der Waals surface area (Å²) in [5.74, 6) is -0.0355. The highest BCUT2D eigenvalue weighted by Crippen LogP contribution is 2.25. The number of carbonyl (C=O) groups excluding carboxylic acids is 1. The van der Waals surface area contributed by atoms with Gasteiger partial charge in [0.15, 0.2) is 0 Å². The van der Waals surface area contributed by atoms with Crippen molar-refractivity contribution in [1.82, 2.24) is 10.0 Å². The van der Waals surface area contributed by atoms with Crippen LogP contribution in [-0.4, -0.2) is 27.4 Å². The van der Waals surface area contributed by atoms with Gasteiger partial charge in [-0.1, -0.05) is 29.8 Å². The molecule has 0 aliphatic carbocycles. The molecule has 0 fully saturated rings. The maximum absolute atomic E-state index is 12.1. The first-order chi connectivity index (χ1) is 9.22. The van der Waals surface area contributed by atoms with E-state index >= 15 is 0 Å². The first kappa shape index (κ1) is 17.6. The summed E-state index contributed by atoms with van der Waals surface area (Å²) in [7, 11) is -3.72. The Kier molecular flexibility index (Phi) is 6.63. The molecule has 8 heteroatoms. The number of sulfonamides is 1. The number of hydrogen-bond donors (Lipinski definition) is 2. The van der Waals surface area contributed by atoms with Gasteiger partial charge in [-0.2, -0.15) is 0 Å². The molecule has 0 aliphatic heterocycles. The number of rotatable bonds is 6. The molecule has 20 heavy (non-hydrogen) atoms. The maximum Gasteiger partial charge on any atom is 0.242 e. The van der Waals surface area contributed by atoms with Gasteiger partial charge in [0.05, 0.1) is 11.4 Å². The van der Waals surface area contributed by atoms with E-state index in [1.807, 2.05) is 13.8 Å². The molecule has 0 unspecified atom stereocenters. The zero-order valence-corrected chi connectivity index (χ0v) is 15.1. The third kappa shape index (κ3) is 5.51. The van der Waals surface area contributed by atoms with E-state index in [2.05, 4.69) is 41.9 Å². The molecule has 1 amide bonds. The Labute approximate surface area is 135 Å². The molecule has 112 valence electrons. The lowest BCUT2D eigenvalue weighted by Gasteiger charge is -2.10. The summed E-state index contributed by atoms with van der Waals surface area (Å²) in [4.78, 5) is 11.6. The van der Waals surface area contributed by atoms with Gasteiger partial charge in [-0.15, -0.1) is 0 Å². The molecule has 0 radical (unpaired) electrons. The van der Waals surface area contributed by atoms with Gasteiger partial charge in [-0.3, -0.25) is 4.79 Å². The SMILES string of the molecule is CC(C)CNC(=O)CNS(=O)(=O)c1ccc(Br)cc1Br. The van der Waals surface area contributed by atoms with Gasteiger partial charge in [0, 0.05) is 15.5 Å². The predicted molar refractivity (Wildman–Crippen MR) is 84.9 cm³/mol. The quantitative estimate of drug-likeness (QED) is 0.731. The van der Waals surface area contributed by atoms with Crippen molar-refractivity contribution >= 4 is 47.8 Å². The molecule has 1 aromatic carbocycles. The van der Waals surface area contributed by atoms with Crippen molar-refractivity contribution < 1.29 is 13.2 Å². The highest BCUT2D eigenvalue weighted by molar-refractivity contribution is 9.11. The Morgan fingerprint density at radius 3 is 2.50 bits per heavy atom. The first-order valence-electron chi connectivity index (χ1n) is 5.94. The monoisotopic (exact) mass is 426 g/mol. The van der Waals surface area contributed by atoms with Crippen molar-refractivity contribution in [2.75, 3.05) is 13.1 Å². The molecule has 2 N–H and O–H groups in total. The second-order valence-corrected chi connectivity index (χ2v) is 8.10. The molecule has 0 saturated carbocycles. The number of amides is 1. The van der Waals surface area contributed by atoms with Gasteiger partial charge in [0.2, 0.25) is 15.9 Å². The van der Waals surface area contributed by atoms with Crippen molar-refractivity contribution in [2.24, 2.45) is 5.92 Å². The highest BCUT2D eigenvalue weighted by atomic mass is 79.9. The Bertz CT molecular complexity index is 588. The number of benzene rings is 1. The van der Waals surface area contributed by atoms with Crippen LogP contribution in [0.3, 0.4) is 0 Å². The minimum atomic E-state index is -3.72. The topological polar surface area (TPSA) is 75.3 Å². The molecule has 5 nitrogen and oxygen atoms in total. The van der Waals surface area contributed by atoms with Gasteiger partial charge >= 0.3 is 0 Å². The highest BCUT2D eigenvalue weighted by Gasteiger charge is 2.18. The number of hydrogen-bond acceptors (Lipinski definition) is 3. The van der Waals surface area contributed by atoms with Gasteiger partial charge in [0.25, 0.3) is 0 Å². The fraction of sp³-hybridized carbons (Fsp3) is 0.417. The van der Waals surface area contributed by atoms with E-state index < -0.39 is 10.0 Å². The summed E-state index contributed by atoms with van der Waals surface area (Å²) in [5.41, 5.74) is 0. The number of carbonyl (C=O) groups is 1. The lowest BCUT2D eigenvalue weighted by atomic mass is 10.2. The van der Waals surface area contributed by atoms with Crippen LogP contribution in [0, 0.1) is 5.92 Å². The Balaban J connectivity index is 2.68. The van der Waals surface area contributed by atoms with E-state index in [0.717, 1.165) is 4.47 Å². The second-order valence-electron chi connectivity index (χ2n) is 4.60. The van der Waals surface area contributed by atoms with Crippen LogP contribution in [0.5, 0.6) is 0 Å². The predicted octanol–water partition coefficient (Wildman–Crippen LogP) is 2.26. The minimum absolute atomic E-state index is 0.0948. The van der Waals surface area contributed by atoms with Crippen LogP contribution in [0.25, 0.3) is 0 Å². The lowest BCUT2D eigenvalue weighted by Crippen LogP contribution is -2.38. The summed E-state index contributed by atoms with van der Waals surface area (Å²) < 4.78 is 27.6. The zero-order chi connectivity index (χ0) is 15.3. The Morgan fingerprint density at radius 2 is 1.95 bits per heavy atom. The van der Waals surface area contributed by atoms with Crippen LogP contribution >= 0.6 is 31.9 Å². The number of nitrogens with one attached hydrogen (secondary N) is 2. The Hall–Kier alpha value is -0.440. The summed E-state index contributed by atoms with van der Waals surface area (Å²) in [5, 5.41) is 2.64. The van der Waals surface area contributed by atoms with Crippen molar-refractivity contribution in [3.63, 3.8) is 0 Å². The third-order valence-electron chi connectivity index (χ3n) is 2.31. The molecule has 0 aliphatic rings. The van der Waals surface area contributed by atoms with Crippen LogP contribution in [0.1, 0.15) is 13.8 Å². The average Bonchev–Trinajstić information content (AvgIpc) is 2.33. The van der Waals surface area contributed by atoms with Gasteiger partial charge in [-0.05, 0) is 40.0 Å². The molecular formula is C12H16Br2N2O3S. The van der Waals surface area contributed by atoms with Crippen molar-refractivity contribution in [2.45, 2.75) is 18.7 Å². The fourth-order valence-corrected chi connectivity index (χ4v) is 4.04. The molecule has 1 rings (SSSR count). The molecule has 0 spiro atoms. The van der Waals surface area contributed by atoms with Gasteiger partial charge < -0.3 is 5.32 Å². The van der Waals surface area contributed by atoms with E-state index in [9.17, 15) is 13.2 Å². The minimum Gasteiger partial charge on any atom is -0.355 e. The van der Waals surface area contributed by atoms with Gasteiger partial charge in [-0.25, -0.2) is 13.1 Å². The van der Waals surface area contributed by atoms with Crippen LogP contribution < -0.4 is 10.0 Å². The molecular weight excluding hydrogens is 412 g/mol. The largest absolute Gasteiger partial charge is 0.355 e. The van der Waals surface area contributed by atoms with E-state index in [1.165, 1.54) is 6.07 Å². The number of halogens is 2. The molecule has 0 heterocycles. The van der Waals surface area contributed by atoms with Crippen LogP contribution in [0.15, 0.2) is 32.0 Å². The molecule has 0 bridgehead atoms. The van der Waals surface area contributed by atoms with Crippen molar-refractivity contribution in [3.05, 3.63) is 27.1 Å². The average molecular weight is 428 g/mol. The second kappa shape index (κ2) is 7.53. The fourth-order valence-electron chi connectivity index (χ4n) is 1.31. The maximum atomic E-state index is 12.1. The lowest BCUT2D eigenvalue weighted by molar-refractivity contribution is -0.120. The molecule has 0 aromatic heterocycles. The van der Waals surface area contributed by atoms with Crippen LogP contribution in [0.4, 0.5) is 0 Å². The molecule has 0 atom stereocenters. The summed E-state index contributed by atoms with van der Waals surface area (Å²) in [6, 6.07) is 4.72. The van der Waals surface area contributed by atoms with E-state index in [4.69, 9.17) is 0 Å². The standard InChI is InChI=1S/C12H16Br2N2O3S/c1-8(2)6-15-12(17)7-16-20(18,19)11-4-3-9(13)5-10(11)14/h3-5,8,16H,6-7H2,1-2H3,(H,15,17). The van der Waals surface area contributed by atoms with E-state index in [0.29, 0.717) is 16.9 Å². The van der Waals surface area contributed by atoms with Crippen molar-refractivity contribution in [1.29, 1.82) is 0 Å². The summed E-state index contributed by atoms with van der Waals surface area (Å²) in [6.07, 6.45) is 0. The smallest absolute Gasteiger partial charge is 0.242 e. The summed E-state index contributed by atoms with van der Waals surface area (Å²) in [6.45, 7) is 4.16. The van der Waals surface area contributed by atoms with E-state index in [-0.39, 0.29) is 17.3 Å². The molecule has 1 aromatic rings. The van der Waals surface area contributed by atoms with Gasteiger partial charge in [0.1, 0.15) is 0 Å². The zero-order valence-electron chi connectivity index (χ0n) is 11.1. The first-order valence-corrected chi connectivity index (χ1v) is 9.00. The normalized spacial score (nSPS) is 11.7. The third-order valence-corrected chi connectivity index (χ3v) is 5.18. The van der Waals surface area contributed by atoms with E-state index in [1.54, 1.807) is 12.1 Å². The molecule has 0 saturated heterocycles. The van der Waals surface area contributed by atoms with Crippen LogP contribution in [0.2, 0.25) is 0 Å². The van der Waals surface area contributed by atoms with Crippen molar-refractivity contribution in [3.8, 4) is 0 Å². The van der Waals surface area contributed by atoms with Crippen LogP contribution in [-0.2, 0) is 14.8 Å².